The SMILES string of the molecule is O=C(CCC1NC(=O)N(CCc2c[nH]c3ccccc23)C1=O)Nc1nccs1. The van der Waals surface area contributed by atoms with Crippen LogP contribution >= 0.6 is 11.3 Å². The van der Waals surface area contributed by atoms with Gasteiger partial charge >= 0.3 is 6.03 Å². The molecule has 4 rings (SSSR count). The first-order chi connectivity index (χ1) is 13.6. The molecule has 1 fully saturated rings. The Morgan fingerprint density at radius 2 is 2.14 bits per heavy atom. The predicted molar refractivity (Wildman–Crippen MR) is 106 cm³/mol. The van der Waals surface area contributed by atoms with Crippen LogP contribution in [0.5, 0.6) is 0 Å². The molecule has 8 nitrogen and oxygen atoms in total. The molecule has 3 heterocycles. The van der Waals surface area contributed by atoms with Crippen molar-refractivity contribution >= 4 is 45.2 Å². The number of aromatic nitrogens is 2. The number of aromatic amines is 1. The fourth-order valence-corrected chi connectivity index (χ4v) is 3.84. The van der Waals surface area contributed by atoms with Crippen LogP contribution in [0.25, 0.3) is 10.9 Å². The number of imide groups is 1. The van der Waals surface area contributed by atoms with E-state index in [-0.39, 0.29) is 24.7 Å². The van der Waals surface area contributed by atoms with E-state index in [4.69, 9.17) is 0 Å². The standard InChI is InChI=1S/C19H19N5O3S/c25-16(23-18-20-8-10-28-18)6-5-15-17(26)24(19(27)22-15)9-7-12-11-21-14-4-2-1-3-13(12)14/h1-4,8,10-11,15,21H,5-7,9H2,(H,22,27)(H,20,23,25). The van der Waals surface area contributed by atoms with Gasteiger partial charge in [-0.1, -0.05) is 18.2 Å². The summed E-state index contributed by atoms with van der Waals surface area (Å²) >= 11 is 1.33. The fraction of sp³-hybridized carbons (Fsp3) is 0.263. The molecule has 1 saturated heterocycles. The number of hydrogen-bond donors (Lipinski definition) is 3. The van der Waals surface area contributed by atoms with Crippen molar-refractivity contribution in [2.75, 3.05) is 11.9 Å². The summed E-state index contributed by atoms with van der Waals surface area (Å²) in [6.07, 6.45) is 4.47. The van der Waals surface area contributed by atoms with Crippen molar-refractivity contribution in [2.45, 2.75) is 25.3 Å². The first-order valence-electron chi connectivity index (χ1n) is 8.98. The number of carbonyl (C=O) groups is 3. The van der Waals surface area contributed by atoms with E-state index in [0.717, 1.165) is 16.5 Å². The van der Waals surface area contributed by atoms with Crippen LogP contribution in [0.3, 0.4) is 0 Å². The number of nitrogens with zero attached hydrogens (tertiary/aromatic N) is 2. The summed E-state index contributed by atoms with van der Waals surface area (Å²) < 4.78 is 0. The Labute approximate surface area is 164 Å². The lowest BCUT2D eigenvalue weighted by Crippen LogP contribution is -2.33. The third-order valence-corrected chi connectivity index (χ3v) is 5.41. The van der Waals surface area contributed by atoms with E-state index in [1.54, 1.807) is 11.6 Å². The number of amides is 4. The zero-order valence-electron chi connectivity index (χ0n) is 15.0. The Hall–Kier alpha value is -3.20. The summed E-state index contributed by atoms with van der Waals surface area (Å²) in [6.45, 7) is 0.300. The molecule has 0 radical (unpaired) electrons. The van der Waals surface area contributed by atoms with Crippen LogP contribution in [-0.2, 0) is 16.0 Å². The molecule has 4 amide bonds. The smallest absolute Gasteiger partial charge is 0.324 e. The van der Waals surface area contributed by atoms with Gasteiger partial charge in [-0.05, 0) is 24.5 Å². The summed E-state index contributed by atoms with van der Waals surface area (Å²) in [5.41, 5.74) is 2.08. The Morgan fingerprint density at radius 1 is 1.29 bits per heavy atom. The molecule has 2 aromatic heterocycles. The molecule has 0 bridgehead atoms. The highest BCUT2D eigenvalue weighted by molar-refractivity contribution is 7.13. The maximum atomic E-state index is 12.6. The van der Waals surface area contributed by atoms with E-state index in [1.807, 2.05) is 30.5 Å². The van der Waals surface area contributed by atoms with Crippen LogP contribution in [0.15, 0.2) is 42.0 Å². The van der Waals surface area contributed by atoms with Crippen molar-refractivity contribution < 1.29 is 14.4 Å². The lowest BCUT2D eigenvalue weighted by molar-refractivity contribution is -0.127. The van der Waals surface area contributed by atoms with Gasteiger partial charge < -0.3 is 15.6 Å². The van der Waals surface area contributed by atoms with Crippen molar-refractivity contribution in [3.05, 3.63) is 47.6 Å². The minimum Gasteiger partial charge on any atom is -0.361 e. The highest BCUT2D eigenvalue weighted by Gasteiger charge is 2.37. The van der Waals surface area contributed by atoms with Crippen molar-refractivity contribution in [3.8, 4) is 0 Å². The first-order valence-corrected chi connectivity index (χ1v) is 9.86. The predicted octanol–water partition coefficient (Wildman–Crippen LogP) is 2.51. The van der Waals surface area contributed by atoms with Gasteiger partial charge in [0, 0.05) is 41.6 Å². The number of H-pyrrole nitrogens is 1. The number of rotatable bonds is 7. The first kappa shape index (κ1) is 18.2. The van der Waals surface area contributed by atoms with E-state index in [1.165, 1.54) is 16.2 Å². The lowest BCUT2D eigenvalue weighted by Gasteiger charge is -2.12. The minimum absolute atomic E-state index is 0.132. The van der Waals surface area contributed by atoms with Gasteiger partial charge in [0.2, 0.25) is 5.91 Å². The van der Waals surface area contributed by atoms with E-state index in [9.17, 15) is 14.4 Å². The Bertz CT molecular complexity index is 1010. The average Bonchev–Trinajstić information content (AvgIpc) is 3.40. The molecule has 0 saturated carbocycles. The summed E-state index contributed by atoms with van der Waals surface area (Å²) in [6, 6.07) is 6.83. The number of thiazole rings is 1. The van der Waals surface area contributed by atoms with Gasteiger partial charge in [-0.15, -0.1) is 11.3 Å². The topological polar surface area (TPSA) is 107 Å². The third kappa shape index (κ3) is 3.74. The number of nitrogens with one attached hydrogen (secondary N) is 3. The molecule has 144 valence electrons. The van der Waals surface area contributed by atoms with Gasteiger partial charge in [0.15, 0.2) is 5.13 Å². The zero-order valence-corrected chi connectivity index (χ0v) is 15.8. The Balaban J connectivity index is 1.31. The van der Waals surface area contributed by atoms with Crippen molar-refractivity contribution in [2.24, 2.45) is 0 Å². The summed E-state index contributed by atoms with van der Waals surface area (Å²) in [5, 5.41) is 8.72. The molecule has 3 aromatic rings. The third-order valence-electron chi connectivity index (χ3n) is 4.73. The highest BCUT2D eigenvalue weighted by atomic mass is 32.1. The number of hydrogen-bond acceptors (Lipinski definition) is 5. The number of fused-ring (bicyclic) bond motifs is 1. The fourth-order valence-electron chi connectivity index (χ4n) is 3.30. The molecule has 3 N–H and O–H groups in total. The lowest BCUT2D eigenvalue weighted by atomic mass is 10.1. The minimum atomic E-state index is -0.669. The molecule has 0 spiro atoms. The molecular weight excluding hydrogens is 378 g/mol. The Morgan fingerprint density at radius 3 is 2.96 bits per heavy atom. The normalized spacial score (nSPS) is 16.6. The maximum Gasteiger partial charge on any atom is 0.324 e. The molecule has 1 aromatic carbocycles. The van der Waals surface area contributed by atoms with Crippen LogP contribution in [0.2, 0.25) is 0 Å². The summed E-state index contributed by atoms with van der Waals surface area (Å²) in [7, 11) is 0. The molecule has 28 heavy (non-hydrogen) atoms. The van der Waals surface area contributed by atoms with Crippen LogP contribution < -0.4 is 10.6 Å². The van der Waals surface area contributed by atoms with Gasteiger partial charge in [0.25, 0.3) is 5.91 Å². The van der Waals surface area contributed by atoms with Gasteiger partial charge in [-0.25, -0.2) is 9.78 Å². The molecule has 9 heteroatoms. The number of para-hydroxylation sites is 1. The number of benzene rings is 1. The molecular formula is C19H19N5O3S. The number of anilines is 1. The average molecular weight is 397 g/mol. The Kier molecular flexibility index (Phi) is 5.07. The van der Waals surface area contributed by atoms with Crippen molar-refractivity contribution in [1.82, 2.24) is 20.2 Å². The summed E-state index contributed by atoms with van der Waals surface area (Å²) in [5.74, 6) is -0.513. The quantitative estimate of drug-likeness (QED) is 0.533. The monoisotopic (exact) mass is 397 g/mol. The second kappa shape index (κ2) is 7.81. The van der Waals surface area contributed by atoms with Crippen molar-refractivity contribution in [1.29, 1.82) is 0 Å². The van der Waals surface area contributed by atoms with E-state index < -0.39 is 12.1 Å². The van der Waals surface area contributed by atoms with E-state index >= 15 is 0 Å². The summed E-state index contributed by atoms with van der Waals surface area (Å²) in [4.78, 5) is 45.1. The van der Waals surface area contributed by atoms with Crippen LogP contribution in [0.1, 0.15) is 18.4 Å². The van der Waals surface area contributed by atoms with Gasteiger partial charge in [0.05, 0.1) is 0 Å². The van der Waals surface area contributed by atoms with Crippen molar-refractivity contribution in [3.63, 3.8) is 0 Å². The largest absolute Gasteiger partial charge is 0.361 e. The van der Waals surface area contributed by atoms with Gasteiger partial charge in [-0.2, -0.15) is 0 Å². The van der Waals surface area contributed by atoms with E-state index in [2.05, 4.69) is 20.6 Å². The maximum absolute atomic E-state index is 12.6. The highest BCUT2D eigenvalue weighted by Crippen LogP contribution is 2.20. The molecule has 1 atom stereocenters. The second-order valence-electron chi connectivity index (χ2n) is 6.53. The molecule has 0 aliphatic carbocycles. The number of urea groups is 1. The number of carbonyl (C=O) groups excluding carboxylic acids is 3. The molecule has 1 aliphatic heterocycles. The second-order valence-corrected chi connectivity index (χ2v) is 7.42. The van der Waals surface area contributed by atoms with Crippen LogP contribution in [-0.4, -0.2) is 45.3 Å². The van der Waals surface area contributed by atoms with Crippen LogP contribution in [0, 0.1) is 0 Å². The molecule has 1 aliphatic rings. The molecule has 1 unspecified atom stereocenters. The van der Waals surface area contributed by atoms with Gasteiger partial charge in [0.1, 0.15) is 6.04 Å². The van der Waals surface area contributed by atoms with E-state index in [0.29, 0.717) is 18.1 Å². The van der Waals surface area contributed by atoms with Crippen LogP contribution in [0.4, 0.5) is 9.93 Å². The van der Waals surface area contributed by atoms with Gasteiger partial charge in [-0.3, -0.25) is 14.5 Å². The zero-order chi connectivity index (χ0) is 19.5.